The molecule has 1 saturated heterocycles. The molecule has 0 spiro atoms. The highest BCUT2D eigenvalue weighted by Crippen LogP contribution is 2.33. The first-order valence-corrected chi connectivity index (χ1v) is 11.7. The van der Waals surface area contributed by atoms with Gasteiger partial charge in [0, 0.05) is 37.8 Å². The molecule has 0 aliphatic carbocycles. The lowest BCUT2D eigenvalue weighted by atomic mass is 10.1. The number of nitrogens with zero attached hydrogens (tertiary/aromatic N) is 3. The highest BCUT2D eigenvalue weighted by atomic mass is 32.1. The Morgan fingerprint density at radius 3 is 2.53 bits per heavy atom. The third-order valence-corrected chi connectivity index (χ3v) is 6.73. The first-order chi connectivity index (χ1) is 15.6. The molecule has 1 aliphatic heterocycles. The van der Waals surface area contributed by atoms with Crippen molar-refractivity contribution in [3.8, 4) is 11.5 Å². The van der Waals surface area contributed by atoms with Crippen LogP contribution in [-0.4, -0.2) is 69.4 Å². The Morgan fingerprint density at radius 1 is 1.16 bits per heavy atom. The van der Waals surface area contributed by atoms with E-state index in [0.29, 0.717) is 28.7 Å². The minimum absolute atomic E-state index is 0.118. The van der Waals surface area contributed by atoms with E-state index < -0.39 is 0 Å². The van der Waals surface area contributed by atoms with Gasteiger partial charge in [-0.15, -0.1) is 0 Å². The number of fused-ring (bicyclic) bond motifs is 1. The maximum absolute atomic E-state index is 13.7. The summed E-state index contributed by atoms with van der Waals surface area (Å²) in [7, 11) is 3.16. The van der Waals surface area contributed by atoms with Gasteiger partial charge in [0.1, 0.15) is 11.5 Å². The van der Waals surface area contributed by atoms with Gasteiger partial charge < -0.3 is 14.2 Å². The molecule has 0 saturated carbocycles. The Morgan fingerprint density at radius 2 is 1.88 bits per heavy atom. The van der Waals surface area contributed by atoms with Crippen LogP contribution in [0.2, 0.25) is 0 Å². The maximum Gasteiger partial charge on any atom is 0.260 e. The summed E-state index contributed by atoms with van der Waals surface area (Å²) in [4.78, 5) is 22.7. The SMILES string of the molecule is CCc1cccc2sc(N(CCN3CCOCC3)C(=O)c3cc(OC)cc(OC)c3)nc12. The van der Waals surface area contributed by atoms with Crippen LogP contribution in [-0.2, 0) is 11.2 Å². The van der Waals surface area contributed by atoms with Gasteiger partial charge in [0.15, 0.2) is 5.13 Å². The van der Waals surface area contributed by atoms with Gasteiger partial charge in [-0.25, -0.2) is 4.98 Å². The molecule has 3 aromatic rings. The Hall–Kier alpha value is -2.68. The second kappa shape index (κ2) is 10.3. The molecule has 1 fully saturated rings. The van der Waals surface area contributed by atoms with E-state index in [1.54, 1.807) is 48.7 Å². The topological polar surface area (TPSA) is 64.1 Å². The zero-order chi connectivity index (χ0) is 22.5. The molecule has 2 aromatic carbocycles. The van der Waals surface area contributed by atoms with Crippen molar-refractivity contribution in [3.63, 3.8) is 0 Å². The van der Waals surface area contributed by atoms with Gasteiger partial charge in [0.05, 0.1) is 37.6 Å². The summed E-state index contributed by atoms with van der Waals surface area (Å²) in [6.45, 7) is 6.61. The van der Waals surface area contributed by atoms with E-state index in [2.05, 4.69) is 30.0 Å². The number of anilines is 1. The van der Waals surface area contributed by atoms with Crippen molar-refractivity contribution >= 4 is 32.6 Å². The third kappa shape index (κ3) is 4.87. The Kier molecular flexibility index (Phi) is 7.24. The molecule has 0 N–H and O–H groups in total. The van der Waals surface area contributed by atoms with E-state index in [1.807, 2.05) is 0 Å². The highest BCUT2D eigenvalue weighted by Gasteiger charge is 2.24. The molecule has 0 radical (unpaired) electrons. The van der Waals surface area contributed by atoms with Gasteiger partial charge in [-0.3, -0.25) is 14.6 Å². The molecule has 2 heterocycles. The second-order valence-corrected chi connectivity index (χ2v) is 8.64. The predicted molar refractivity (Wildman–Crippen MR) is 127 cm³/mol. The Labute approximate surface area is 192 Å². The van der Waals surface area contributed by atoms with Crippen LogP contribution in [0.3, 0.4) is 0 Å². The van der Waals surface area contributed by atoms with E-state index in [-0.39, 0.29) is 5.91 Å². The van der Waals surface area contributed by atoms with Crippen LogP contribution in [0.1, 0.15) is 22.8 Å². The van der Waals surface area contributed by atoms with Gasteiger partial charge in [-0.1, -0.05) is 30.4 Å². The molecule has 1 aliphatic rings. The van der Waals surface area contributed by atoms with Gasteiger partial charge in [-0.2, -0.15) is 0 Å². The maximum atomic E-state index is 13.7. The number of benzene rings is 2. The average Bonchev–Trinajstić information content (AvgIpc) is 3.28. The number of thiazole rings is 1. The van der Waals surface area contributed by atoms with Crippen molar-refractivity contribution in [2.45, 2.75) is 13.3 Å². The van der Waals surface area contributed by atoms with Crippen LogP contribution in [0.4, 0.5) is 5.13 Å². The first-order valence-electron chi connectivity index (χ1n) is 10.9. The lowest BCUT2D eigenvalue weighted by molar-refractivity contribution is 0.0391. The second-order valence-electron chi connectivity index (χ2n) is 7.63. The smallest absolute Gasteiger partial charge is 0.260 e. The third-order valence-electron chi connectivity index (χ3n) is 5.69. The average molecular weight is 456 g/mol. The number of rotatable bonds is 8. The van der Waals surface area contributed by atoms with Gasteiger partial charge in [0.2, 0.25) is 0 Å². The molecule has 32 heavy (non-hydrogen) atoms. The Bertz CT molecular complexity index is 1060. The summed E-state index contributed by atoms with van der Waals surface area (Å²) in [5, 5.41) is 0.709. The normalized spacial score (nSPS) is 14.5. The number of methoxy groups -OCH3 is 2. The molecular formula is C24H29N3O4S. The molecular weight excluding hydrogens is 426 g/mol. The lowest BCUT2D eigenvalue weighted by Gasteiger charge is -2.29. The molecule has 0 atom stereocenters. The van der Waals surface area contributed by atoms with Crippen molar-refractivity contribution in [2.24, 2.45) is 0 Å². The summed E-state index contributed by atoms with van der Waals surface area (Å²) in [6, 6.07) is 11.5. The van der Waals surface area contributed by atoms with E-state index in [4.69, 9.17) is 19.2 Å². The summed E-state index contributed by atoms with van der Waals surface area (Å²) in [6.07, 6.45) is 0.898. The van der Waals surface area contributed by atoms with Crippen molar-refractivity contribution in [2.75, 3.05) is 58.5 Å². The van der Waals surface area contributed by atoms with Crippen LogP contribution in [0.25, 0.3) is 10.2 Å². The number of ether oxygens (including phenoxy) is 3. The summed E-state index contributed by atoms with van der Waals surface area (Å²) in [5.74, 6) is 1.05. The Balaban J connectivity index is 1.69. The van der Waals surface area contributed by atoms with E-state index in [1.165, 1.54) is 5.56 Å². The number of morpholine rings is 1. The minimum Gasteiger partial charge on any atom is -0.497 e. The number of carbonyl (C=O) groups is 1. The van der Waals surface area contributed by atoms with Crippen molar-refractivity contribution in [1.29, 1.82) is 0 Å². The minimum atomic E-state index is -0.118. The summed E-state index contributed by atoms with van der Waals surface area (Å²) < 4.78 is 17.3. The fourth-order valence-corrected chi connectivity index (χ4v) is 4.87. The molecule has 0 unspecified atom stereocenters. The largest absolute Gasteiger partial charge is 0.497 e. The van der Waals surface area contributed by atoms with Crippen molar-refractivity contribution in [3.05, 3.63) is 47.5 Å². The van der Waals surface area contributed by atoms with Crippen LogP contribution in [0.5, 0.6) is 11.5 Å². The standard InChI is InChI=1S/C24H29N3O4S/c1-4-17-6-5-7-21-22(17)25-24(32-21)27(9-8-26-10-12-31-13-11-26)23(28)18-14-19(29-2)16-20(15-18)30-3/h5-7,14-16H,4,8-13H2,1-3H3. The summed E-state index contributed by atoms with van der Waals surface area (Å²) in [5.41, 5.74) is 2.68. The number of hydrogen-bond donors (Lipinski definition) is 0. The van der Waals surface area contributed by atoms with Crippen LogP contribution in [0.15, 0.2) is 36.4 Å². The van der Waals surface area contributed by atoms with Gasteiger partial charge >= 0.3 is 0 Å². The van der Waals surface area contributed by atoms with E-state index >= 15 is 0 Å². The molecule has 8 heteroatoms. The molecule has 1 amide bonds. The van der Waals surface area contributed by atoms with Crippen molar-refractivity contribution in [1.82, 2.24) is 9.88 Å². The van der Waals surface area contributed by atoms with Gasteiger partial charge in [0.25, 0.3) is 5.91 Å². The van der Waals surface area contributed by atoms with Crippen LogP contribution < -0.4 is 14.4 Å². The predicted octanol–water partition coefficient (Wildman–Crippen LogP) is 3.85. The van der Waals surface area contributed by atoms with Crippen LogP contribution in [0, 0.1) is 0 Å². The zero-order valence-electron chi connectivity index (χ0n) is 18.8. The fourth-order valence-electron chi connectivity index (χ4n) is 3.83. The number of amides is 1. The zero-order valence-corrected chi connectivity index (χ0v) is 19.6. The number of hydrogen-bond acceptors (Lipinski definition) is 7. The van der Waals surface area contributed by atoms with Crippen LogP contribution >= 0.6 is 11.3 Å². The lowest BCUT2D eigenvalue weighted by Crippen LogP contribution is -2.43. The molecule has 4 rings (SSSR count). The molecule has 1 aromatic heterocycles. The summed E-state index contributed by atoms with van der Waals surface area (Å²) >= 11 is 1.55. The fraction of sp³-hybridized carbons (Fsp3) is 0.417. The number of carbonyl (C=O) groups excluding carboxylic acids is 1. The monoisotopic (exact) mass is 455 g/mol. The number of aromatic nitrogens is 1. The van der Waals surface area contributed by atoms with E-state index in [9.17, 15) is 4.79 Å². The molecule has 170 valence electrons. The highest BCUT2D eigenvalue weighted by molar-refractivity contribution is 7.22. The number of para-hydroxylation sites is 1. The molecule has 0 bridgehead atoms. The van der Waals surface area contributed by atoms with Crippen molar-refractivity contribution < 1.29 is 19.0 Å². The van der Waals surface area contributed by atoms with E-state index in [0.717, 1.165) is 49.5 Å². The molecule has 7 nitrogen and oxygen atoms in total. The quantitative estimate of drug-likeness (QED) is 0.514. The van der Waals surface area contributed by atoms with Gasteiger partial charge in [-0.05, 0) is 30.2 Å². The first kappa shape index (κ1) is 22.5. The number of aryl methyl sites for hydroxylation is 1.